The minimum Gasteiger partial charge on any atom is -0.269 e. The van der Waals surface area contributed by atoms with E-state index in [1.54, 1.807) is 30.3 Å². The standard InChI is InChI=1S/C21H21NO3S2/c1-3-7-17-14-19(26-18-8-5-4-6-9-18)15-21(23)22(17)27(24,25)20-12-10-16(2)11-13-20/h3-6,8-13,15,17H,1,7,14H2,2H3. The largest absolute Gasteiger partial charge is 0.269 e. The van der Waals surface area contributed by atoms with Crippen LogP contribution in [0.4, 0.5) is 0 Å². The van der Waals surface area contributed by atoms with E-state index in [-0.39, 0.29) is 4.90 Å². The number of rotatable bonds is 6. The quantitative estimate of drug-likeness (QED) is 0.670. The maximum absolute atomic E-state index is 13.1. The van der Waals surface area contributed by atoms with Gasteiger partial charge in [-0.15, -0.1) is 6.58 Å². The van der Waals surface area contributed by atoms with Crippen LogP contribution in [0, 0.1) is 6.92 Å². The van der Waals surface area contributed by atoms with Gasteiger partial charge in [0.2, 0.25) is 0 Å². The highest BCUT2D eigenvalue weighted by atomic mass is 32.2. The molecule has 1 heterocycles. The number of benzene rings is 2. The van der Waals surface area contributed by atoms with E-state index in [0.717, 1.165) is 19.7 Å². The minimum absolute atomic E-state index is 0.128. The second-order valence-corrected chi connectivity index (χ2v) is 9.38. The van der Waals surface area contributed by atoms with Crippen molar-refractivity contribution in [1.29, 1.82) is 0 Å². The van der Waals surface area contributed by atoms with Gasteiger partial charge in [0.25, 0.3) is 15.9 Å². The van der Waals surface area contributed by atoms with Gasteiger partial charge in [-0.05, 0) is 42.5 Å². The summed E-state index contributed by atoms with van der Waals surface area (Å²) in [6, 6.07) is 15.8. The summed E-state index contributed by atoms with van der Waals surface area (Å²) in [5.41, 5.74) is 0.961. The van der Waals surface area contributed by atoms with E-state index in [1.807, 2.05) is 37.3 Å². The topological polar surface area (TPSA) is 54.5 Å². The van der Waals surface area contributed by atoms with Crippen LogP contribution in [0.3, 0.4) is 0 Å². The first-order chi connectivity index (χ1) is 12.9. The molecule has 3 rings (SSSR count). The molecule has 140 valence electrons. The molecule has 0 aliphatic carbocycles. The van der Waals surface area contributed by atoms with Gasteiger partial charge in [-0.25, -0.2) is 12.7 Å². The number of hydrogen-bond acceptors (Lipinski definition) is 4. The van der Waals surface area contributed by atoms with Gasteiger partial charge in [-0.2, -0.15) is 0 Å². The van der Waals surface area contributed by atoms with Crippen molar-refractivity contribution in [3.05, 3.63) is 83.8 Å². The third kappa shape index (κ3) is 4.34. The zero-order valence-electron chi connectivity index (χ0n) is 15.0. The molecule has 0 bridgehead atoms. The average Bonchev–Trinajstić information content (AvgIpc) is 2.62. The molecular weight excluding hydrogens is 378 g/mol. The third-order valence-electron chi connectivity index (χ3n) is 4.28. The van der Waals surface area contributed by atoms with Crippen LogP contribution in [-0.2, 0) is 14.8 Å². The van der Waals surface area contributed by atoms with Crippen molar-refractivity contribution in [2.75, 3.05) is 0 Å². The summed E-state index contributed by atoms with van der Waals surface area (Å²) >= 11 is 1.49. The molecule has 6 heteroatoms. The first-order valence-electron chi connectivity index (χ1n) is 8.61. The van der Waals surface area contributed by atoms with E-state index in [0.29, 0.717) is 12.8 Å². The van der Waals surface area contributed by atoms with Crippen molar-refractivity contribution in [2.45, 2.75) is 35.6 Å². The lowest BCUT2D eigenvalue weighted by Crippen LogP contribution is -2.46. The number of carbonyl (C=O) groups is 1. The lowest BCUT2D eigenvalue weighted by Gasteiger charge is -2.33. The van der Waals surface area contributed by atoms with Crippen LogP contribution >= 0.6 is 11.8 Å². The molecule has 0 aromatic heterocycles. The Morgan fingerprint density at radius 3 is 2.44 bits per heavy atom. The van der Waals surface area contributed by atoms with Gasteiger partial charge in [0.15, 0.2) is 0 Å². The van der Waals surface area contributed by atoms with E-state index in [9.17, 15) is 13.2 Å². The highest BCUT2D eigenvalue weighted by molar-refractivity contribution is 8.03. The first-order valence-corrected chi connectivity index (χ1v) is 10.9. The molecule has 1 unspecified atom stereocenters. The number of hydrogen-bond donors (Lipinski definition) is 0. The average molecular weight is 400 g/mol. The van der Waals surface area contributed by atoms with Gasteiger partial charge < -0.3 is 0 Å². The molecule has 0 N–H and O–H groups in total. The molecule has 2 aromatic carbocycles. The van der Waals surface area contributed by atoms with Crippen molar-refractivity contribution in [3.63, 3.8) is 0 Å². The Balaban J connectivity index is 1.93. The molecule has 0 radical (unpaired) electrons. The second kappa shape index (κ2) is 8.15. The number of amides is 1. The fraction of sp³-hybridized carbons (Fsp3) is 0.190. The molecular formula is C21H21NO3S2. The van der Waals surface area contributed by atoms with Crippen LogP contribution in [-0.4, -0.2) is 24.7 Å². The summed E-state index contributed by atoms with van der Waals surface area (Å²) < 4.78 is 27.2. The second-order valence-electron chi connectivity index (χ2n) is 6.36. The van der Waals surface area contributed by atoms with Crippen LogP contribution in [0.1, 0.15) is 18.4 Å². The molecule has 0 spiro atoms. The Labute approximate surface area is 164 Å². The summed E-state index contributed by atoms with van der Waals surface area (Å²) in [6.45, 7) is 5.62. The molecule has 1 aliphatic rings. The SMILES string of the molecule is C=CCC1CC(Sc2ccccc2)=CC(=O)N1S(=O)(=O)c1ccc(C)cc1. The summed E-state index contributed by atoms with van der Waals surface area (Å²) in [4.78, 5) is 14.8. The van der Waals surface area contributed by atoms with E-state index in [4.69, 9.17) is 0 Å². The summed E-state index contributed by atoms with van der Waals surface area (Å²) in [5.74, 6) is -0.507. The maximum Gasteiger partial charge on any atom is 0.267 e. The molecule has 0 saturated carbocycles. The van der Waals surface area contributed by atoms with Crippen LogP contribution in [0.2, 0.25) is 0 Å². The normalized spacial score (nSPS) is 17.5. The lowest BCUT2D eigenvalue weighted by atomic mass is 10.1. The maximum atomic E-state index is 13.1. The van der Waals surface area contributed by atoms with Gasteiger partial charge in [-0.1, -0.05) is 53.7 Å². The predicted octanol–water partition coefficient (Wildman–Crippen LogP) is 4.54. The van der Waals surface area contributed by atoms with Crippen molar-refractivity contribution in [1.82, 2.24) is 4.31 Å². The lowest BCUT2D eigenvalue weighted by molar-refractivity contribution is -0.123. The Bertz CT molecular complexity index is 964. The molecule has 27 heavy (non-hydrogen) atoms. The van der Waals surface area contributed by atoms with E-state index < -0.39 is 22.0 Å². The molecule has 1 amide bonds. The van der Waals surface area contributed by atoms with E-state index in [1.165, 1.54) is 17.8 Å². The molecule has 2 aromatic rings. The molecule has 4 nitrogen and oxygen atoms in total. The fourth-order valence-electron chi connectivity index (χ4n) is 2.98. The van der Waals surface area contributed by atoms with Crippen molar-refractivity contribution >= 4 is 27.7 Å². The van der Waals surface area contributed by atoms with E-state index >= 15 is 0 Å². The Hall–Kier alpha value is -2.31. The molecule has 0 fully saturated rings. The fourth-order valence-corrected chi connectivity index (χ4v) is 5.56. The number of sulfonamides is 1. The highest BCUT2D eigenvalue weighted by Gasteiger charge is 2.37. The van der Waals surface area contributed by atoms with Crippen LogP contribution in [0.15, 0.2) is 88.0 Å². The predicted molar refractivity (Wildman–Crippen MR) is 109 cm³/mol. The first kappa shape index (κ1) is 19.5. The number of aryl methyl sites for hydroxylation is 1. The zero-order chi connectivity index (χ0) is 19.4. The van der Waals surface area contributed by atoms with Gasteiger partial charge >= 0.3 is 0 Å². The Morgan fingerprint density at radius 1 is 1.15 bits per heavy atom. The summed E-state index contributed by atoms with van der Waals surface area (Å²) in [7, 11) is -3.91. The van der Waals surface area contributed by atoms with Crippen LogP contribution in [0.25, 0.3) is 0 Å². The van der Waals surface area contributed by atoms with Gasteiger partial charge in [0.05, 0.1) is 10.9 Å². The zero-order valence-corrected chi connectivity index (χ0v) is 16.7. The number of thioether (sulfide) groups is 1. The Morgan fingerprint density at radius 2 is 1.81 bits per heavy atom. The van der Waals surface area contributed by atoms with Crippen molar-refractivity contribution in [3.8, 4) is 0 Å². The molecule has 1 atom stereocenters. The number of carbonyl (C=O) groups excluding carboxylic acids is 1. The van der Waals surface area contributed by atoms with Gasteiger partial charge in [-0.3, -0.25) is 4.79 Å². The number of nitrogens with zero attached hydrogens (tertiary/aromatic N) is 1. The minimum atomic E-state index is -3.91. The summed E-state index contributed by atoms with van der Waals surface area (Å²) in [6.07, 6.45) is 3.97. The van der Waals surface area contributed by atoms with Crippen LogP contribution in [0.5, 0.6) is 0 Å². The summed E-state index contributed by atoms with van der Waals surface area (Å²) in [5, 5.41) is 0. The monoisotopic (exact) mass is 399 g/mol. The third-order valence-corrected chi connectivity index (χ3v) is 7.20. The van der Waals surface area contributed by atoms with Crippen LogP contribution < -0.4 is 0 Å². The highest BCUT2D eigenvalue weighted by Crippen LogP contribution is 2.36. The van der Waals surface area contributed by atoms with Gasteiger partial charge in [0, 0.05) is 17.4 Å². The van der Waals surface area contributed by atoms with Gasteiger partial charge in [0.1, 0.15) is 0 Å². The Kier molecular flexibility index (Phi) is 5.87. The molecule has 1 aliphatic heterocycles. The van der Waals surface area contributed by atoms with Crippen molar-refractivity contribution < 1.29 is 13.2 Å². The molecule has 0 saturated heterocycles. The smallest absolute Gasteiger partial charge is 0.267 e. The van der Waals surface area contributed by atoms with Crippen molar-refractivity contribution in [2.24, 2.45) is 0 Å². The van der Waals surface area contributed by atoms with E-state index in [2.05, 4.69) is 6.58 Å².